The van der Waals surface area contributed by atoms with Crippen molar-refractivity contribution in [2.45, 2.75) is 25.7 Å². The van der Waals surface area contributed by atoms with E-state index in [0.29, 0.717) is 11.7 Å². The Morgan fingerprint density at radius 2 is 1.90 bits per heavy atom. The lowest BCUT2D eigenvalue weighted by Crippen LogP contribution is -1.93. The molecule has 0 saturated heterocycles. The Kier molecular flexibility index (Phi) is 1.37. The Labute approximate surface area is 61.1 Å². The van der Waals surface area contributed by atoms with Crippen molar-refractivity contribution in [3.05, 3.63) is 12.2 Å². The van der Waals surface area contributed by atoms with Gasteiger partial charge in [0.05, 0.1) is 0 Å². The van der Waals surface area contributed by atoms with E-state index in [1.54, 1.807) is 6.08 Å². The normalized spacial score (nSPS) is 25.6. The van der Waals surface area contributed by atoms with Crippen LogP contribution in [-0.4, -0.2) is 5.78 Å². The van der Waals surface area contributed by atoms with E-state index in [9.17, 15) is 4.79 Å². The van der Waals surface area contributed by atoms with Crippen LogP contribution in [0.5, 0.6) is 0 Å². The molecule has 0 amide bonds. The lowest BCUT2D eigenvalue weighted by Gasteiger charge is -1.84. The molecule has 0 aromatic rings. The van der Waals surface area contributed by atoms with E-state index in [1.165, 1.54) is 12.8 Å². The van der Waals surface area contributed by atoms with Crippen molar-refractivity contribution in [1.29, 1.82) is 0 Å². The Morgan fingerprint density at radius 1 is 1.20 bits per heavy atom. The summed E-state index contributed by atoms with van der Waals surface area (Å²) in [5.41, 5.74) is 0. The maximum Gasteiger partial charge on any atom is 0.158 e. The van der Waals surface area contributed by atoms with Gasteiger partial charge in [0.15, 0.2) is 5.78 Å². The van der Waals surface area contributed by atoms with Crippen LogP contribution in [0.4, 0.5) is 0 Å². The highest BCUT2D eigenvalue weighted by atomic mass is 16.1. The first-order valence-corrected chi connectivity index (χ1v) is 4.08. The fourth-order valence-corrected chi connectivity index (χ4v) is 1.02. The molecule has 2 saturated carbocycles. The maximum absolute atomic E-state index is 11.1. The molecule has 0 N–H and O–H groups in total. The summed E-state index contributed by atoms with van der Waals surface area (Å²) in [5, 5.41) is 0. The fourth-order valence-electron chi connectivity index (χ4n) is 1.02. The van der Waals surface area contributed by atoms with Gasteiger partial charge in [-0.05, 0) is 37.7 Å². The Balaban J connectivity index is 1.80. The van der Waals surface area contributed by atoms with Gasteiger partial charge in [-0.15, -0.1) is 0 Å². The van der Waals surface area contributed by atoms with Gasteiger partial charge in [-0.2, -0.15) is 0 Å². The number of ketones is 1. The summed E-state index contributed by atoms with van der Waals surface area (Å²) in [6, 6.07) is 0. The molecule has 1 nitrogen and oxygen atoms in total. The average Bonchev–Trinajstić information content (AvgIpc) is 2.76. The molecular formula is C9H12O. The molecule has 0 aliphatic heterocycles. The zero-order chi connectivity index (χ0) is 6.97. The summed E-state index contributed by atoms with van der Waals surface area (Å²) in [4.78, 5) is 11.1. The minimum atomic E-state index is 0.368. The minimum absolute atomic E-state index is 0.368. The summed E-state index contributed by atoms with van der Waals surface area (Å²) in [5.74, 6) is 1.53. The Morgan fingerprint density at radius 3 is 2.40 bits per heavy atom. The van der Waals surface area contributed by atoms with E-state index in [0.717, 1.165) is 18.8 Å². The van der Waals surface area contributed by atoms with Crippen molar-refractivity contribution in [2.75, 3.05) is 0 Å². The average molecular weight is 136 g/mol. The van der Waals surface area contributed by atoms with E-state index in [2.05, 4.69) is 6.08 Å². The van der Waals surface area contributed by atoms with E-state index in [4.69, 9.17) is 0 Å². The molecule has 2 rings (SSSR count). The van der Waals surface area contributed by atoms with E-state index in [-0.39, 0.29) is 0 Å². The third-order valence-electron chi connectivity index (χ3n) is 2.13. The second kappa shape index (κ2) is 2.22. The Hall–Kier alpha value is -0.590. The third kappa shape index (κ3) is 1.47. The van der Waals surface area contributed by atoms with Crippen molar-refractivity contribution in [3.63, 3.8) is 0 Å². The highest BCUT2D eigenvalue weighted by Gasteiger charge is 2.28. The number of hydrogen-bond acceptors (Lipinski definition) is 1. The van der Waals surface area contributed by atoms with Crippen molar-refractivity contribution in [1.82, 2.24) is 0 Å². The van der Waals surface area contributed by atoms with Crippen LogP contribution in [-0.2, 0) is 4.79 Å². The van der Waals surface area contributed by atoms with Gasteiger partial charge in [0.1, 0.15) is 0 Å². The van der Waals surface area contributed by atoms with Crippen molar-refractivity contribution in [2.24, 2.45) is 11.8 Å². The molecule has 0 atom stereocenters. The largest absolute Gasteiger partial charge is 0.295 e. The molecule has 0 aromatic heterocycles. The molecule has 0 aromatic carbocycles. The summed E-state index contributed by atoms with van der Waals surface area (Å²) < 4.78 is 0. The summed E-state index contributed by atoms with van der Waals surface area (Å²) in [6.07, 6.45) is 8.75. The number of carbonyl (C=O) groups excluding carboxylic acids is 1. The van der Waals surface area contributed by atoms with Crippen LogP contribution in [0.15, 0.2) is 12.2 Å². The van der Waals surface area contributed by atoms with E-state index < -0.39 is 0 Å². The van der Waals surface area contributed by atoms with Gasteiger partial charge in [-0.25, -0.2) is 0 Å². The molecule has 0 bridgehead atoms. The minimum Gasteiger partial charge on any atom is -0.295 e. The Bertz CT molecular complexity index is 173. The molecule has 0 heterocycles. The molecule has 1 heteroatoms. The van der Waals surface area contributed by atoms with E-state index >= 15 is 0 Å². The van der Waals surface area contributed by atoms with Gasteiger partial charge < -0.3 is 0 Å². The molecule has 0 unspecified atom stereocenters. The SMILES string of the molecule is O=C(/C=C/C1CC1)C1CC1. The molecule has 2 aliphatic rings. The first kappa shape index (κ1) is 6.14. The topological polar surface area (TPSA) is 17.1 Å². The highest BCUT2D eigenvalue weighted by molar-refractivity contribution is 5.93. The van der Waals surface area contributed by atoms with Crippen LogP contribution in [0.2, 0.25) is 0 Å². The first-order valence-electron chi connectivity index (χ1n) is 4.08. The van der Waals surface area contributed by atoms with Gasteiger partial charge in [0, 0.05) is 5.92 Å². The zero-order valence-corrected chi connectivity index (χ0v) is 6.05. The maximum atomic E-state index is 11.1. The van der Waals surface area contributed by atoms with Crippen LogP contribution in [0, 0.1) is 11.8 Å². The predicted molar refractivity (Wildman–Crippen MR) is 39.6 cm³/mol. The lowest BCUT2D eigenvalue weighted by atomic mass is 10.2. The standard InChI is InChI=1S/C9H12O/c10-9(8-4-5-8)6-3-7-1-2-7/h3,6-8H,1-2,4-5H2/b6-3+. The molecule has 0 spiro atoms. The third-order valence-corrected chi connectivity index (χ3v) is 2.13. The van der Waals surface area contributed by atoms with Crippen molar-refractivity contribution < 1.29 is 4.79 Å². The molecule has 0 radical (unpaired) electrons. The fraction of sp³-hybridized carbons (Fsp3) is 0.667. The summed E-state index contributed by atoms with van der Waals surface area (Å²) in [6.45, 7) is 0. The number of rotatable bonds is 3. The number of hydrogen-bond donors (Lipinski definition) is 0. The van der Waals surface area contributed by atoms with E-state index in [1.807, 2.05) is 0 Å². The first-order chi connectivity index (χ1) is 4.86. The van der Waals surface area contributed by atoms with Crippen LogP contribution in [0.3, 0.4) is 0 Å². The molecule has 54 valence electrons. The van der Waals surface area contributed by atoms with Gasteiger partial charge in [-0.3, -0.25) is 4.79 Å². The van der Waals surface area contributed by atoms with Crippen molar-refractivity contribution in [3.8, 4) is 0 Å². The summed E-state index contributed by atoms with van der Waals surface area (Å²) >= 11 is 0. The number of carbonyl (C=O) groups is 1. The molecular weight excluding hydrogens is 124 g/mol. The van der Waals surface area contributed by atoms with Crippen molar-refractivity contribution >= 4 is 5.78 Å². The summed E-state index contributed by atoms with van der Waals surface area (Å²) in [7, 11) is 0. The van der Waals surface area contributed by atoms with Crippen LogP contribution in [0.1, 0.15) is 25.7 Å². The van der Waals surface area contributed by atoms with Gasteiger partial charge in [0.2, 0.25) is 0 Å². The van der Waals surface area contributed by atoms with Crippen LogP contribution in [0.25, 0.3) is 0 Å². The zero-order valence-electron chi connectivity index (χ0n) is 6.05. The second-order valence-electron chi connectivity index (χ2n) is 3.37. The monoisotopic (exact) mass is 136 g/mol. The van der Waals surface area contributed by atoms with Crippen LogP contribution < -0.4 is 0 Å². The quantitative estimate of drug-likeness (QED) is 0.542. The van der Waals surface area contributed by atoms with Gasteiger partial charge in [-0.1, -0.05) is 6.08 Å². The second-order valence-corrected chi connectivity index (χ2v) is 3.37. The smallest absolute Gasteiger partial charge is 0.158 e. The molecule has 2 aliphatic carbocycles. The lowest BCUT2D eigenvalue weighted by molar-refractivity contribution is -0.115. The highest BCUT2D eigenvalue weighted by Crippen LogP contribution is 2.33. The van der Waals surface area contributed by atoms with Crippen LogP contribution >= 0.6 is 0 Å². The number of allylic oxidation sites excluding steroid dienone is 2. The molecule has 10 heavy (non-hydrogen) atoms. The predicted octanol–water partition coefficient (Wildman–Crippen LogP) is 1.93. The van der Waals surface area contributed by atoms with Gasteiger partial charge >= 0.3 is 0 Å². The van der Waals surface area contributed by atoms with Gasteiger partial charge in [0.25, 0.3) is 0 Å². The molecule has 2 fully saturated rings.